The van der Waals surface area contributed by atoms with Crippen molar-refractivity contribution in [3.63, 3.8) is 0 Å². The Bertz CT molecular complexity index is 362. The molecule has 2 aliphatic heterocycles. The van der Waals surface area contributed by atoms with Gasteiger partial charge in [0.1, 0.15) is 5.69 Å². The minimum absolute atomic E-state index is 0.0868. The van der Waals surface area contributed by atoms with Crippen LogP contribution in [0.1, 0.15) is 16.9 Å². The van der Waals surface area contributed by atoms with Crippen LogP contribution in [0.15, 0.2) is 12.3 Å². The third-order valence-corrected chi connectivity index (χ3v) is 3.44. The molecule has 5 heteroatoms. The topological polar surface area (TPSA) is 61.0 Å². The number of hydrogen-bond donors (Lipinski definition) is 2. The molecule has 3 heterocycles. The molecular formula is C10H14N4O. The second-order valence-electron chi connectivity index (χ2n) is 4.24. The van der Waals surface area contributed by atoms with E-state index in [0.717, 1.165) is 26.1 Å². The normalized spacial score (nSPS) is 29.5. The first-order valence-corrected chi connectivity index (χ1v) is 5.37. The van der Waals surface area contributed by atoms with Crippen LogP contribution in [0, 0.1) is 5.92 Å². The molecule has 2 atom stereocenters. The fourth-order valence-corrected chi connectivity index (χ4v) is 2.63. The van der Waals surface area contributed by atoms with Gasteiger partial charge in [0, 0.05) is 31.9 Å². The molecule has 1 amide bonds. The van der Waals surface area contributed by atoms with Crippen LogP contribution in [0.4, 0.5) is 0 Å². The van der Waals surface area contributed by atoms with Crippen LogP contribution in [0.3, 0.4) is 0 Å². The molecule has 1 aromatic rings. The quantitative estimate of drug-likeness (QED) is 0.671. The lowest BCUT2D eigenvalue weighted by Gasteiger charge is -2.22. The number of H-pyrrole nitrogens is 1. The van der Waals surface area contributed by atoms with Crippen LogP contribution in [-0.2, 0) is 0 Å². The Morgan fingerprint density at radius 3 is 3.27 bits per heavy atom. The van der Waals surface area contributed by atoms with E-state index in [0.29, 0.717) is 17.7 Å². The van der Waals surface area contributed by atoms with Gasteiger partial charge in [-0.3, -0.25) is 9.89 Å². The molecule has 0 saturated carbocycles. The Kier molecular flexibility index (Phi) is 1.98. The number of aromatic nitrogens is 2. The summed E-state index contributed by atoms with van der Waals surface area (Å²) in [6.45, 7) is 2.87. The summed E-state index contributed by atoms with van der Waals surface area (Å²) in [5, 5.41) is 9.88. The maximum absolute atomic E-state index is 12.1. The van der Waals surface area contributed by atoms with Gasteiger partial charge in [-0.05, 0) is 18.4 Å². The molecule has 0 aliphatic carbocycles. The highest BCUT2D eigenvalue weighted by Gasteiger charge is 2.40. The summed E-state index contributed by atoms with van der Waals surface area (Å²) in [4.78, 5) is 14.0. The van der Waals surface area contributed by atoms with Crippen LogP contribution < -0.4 is 5.32 Å². The Labute approximate surface area is 87.8 Å². The predicted molar refractivity (Wildman–Crippen MR) is 54.4 cm³/mol. The summed E-state index contributed by atoms with van der Waals surface area (Å²) < 4.78 is 0. The highest BCUT2D eigenvalue weighted by atomic mass is 16.2. The minimum atomic E-state index is 0.0868. The monoisotopic (exact) mass is 206 g/mol. The predicted octanol–water partition coefficient (Wildman–Crippen LogP) is -0.156. The standard InChI is InChI=1S/C10H14N4O/c15-10(8-1-3-12-13-8)14-4-2-7-5-11-6-9(7)14/h1,3,7,9,11H,2,4-6H2,(H,12,13)/t7-,9+/m0/s1. The first-order chi connectivity index (χ1) is 7.36. The lowest BCUT2D eigenvalue weighted by atomic mass is 10.1. The van der Waals surface area contributed by atoms with Crippen molar-refractivity contribution in [2.45, 2.75) is 12.5 Å². The van der Waals surface area contributed by atoms with E-state index in [2.05, 4.69) is 15.5 Å². The van der Waals surface area contributed by atoms with E-state index in [-0.39, 0.29) is 5.91 Å². The Morgan fingerprint density at radius 2 is 2.47 bits per heavy atom. The van der Waals surface area contributed by atoms with Crippen molar-refractivity contribution in [2.75, 3.05) is 19.6 Å². The lowest BCUT2D eigenvalue weighted by Crippen LogP contribution is -2.39. The van der Waals surface area contributed by atoms with E-state index in [1.54, 1.807) is 12.3 Å². The van der Waals surface area contributed by atoms with Gasteiger partial charge in [-0.2, -0.15) is 5.10 Å². The van der Waals surface area contributed by atoms with Crippen LogP contribution in [0.25, 0.3) is 0 Å². The average Bonchev–Trinajstić information content (AvgIpc) is 2.94. The summed E-state index contributed by atoms with van der Waals surface area (Å²) in [5.41, 5.74) is 0.600. The van der Waals surface area contributed by atoms with Crippen LogP contribution in [0.2, 0.25) is 0 Å². The molecule has 0 radical (unpaired) electrons. The molecule has 2 aliphatic rings. The van der Waals surface area contributed by atoms with Gasteiger partial charge < -0.3 is 10.2 Å². The molecule has 5 nitrogen and oxygen atoms in total. The number of rotatable bonds is 1. The van der Waals surface area contributed by atoms with Crippen LogP contribution in [0.5, 0.6) is 0 Å². The summed E-state index contributed by atoms with van der Waals surface area (Å²) in [6, 6.07) is 2.12. The molecule has 1 aromatic heterocycles. The molecule has 0 aromatic carbocycles. The molecule has 3 rings (SSSR count). The highest BCUT2D eigenvalue weighted by Crippen LogP contribution is 2.27. The van der Waals surface area contributed by atoms with Crippen molar-refractivity contribution in [3.8, 4) is 0 Å². The number of nitrogens with one attached hydrogen (secondary N) is 2. The zero-order valence-corrected chi connectivity index (χ0v) is 8.44. The number of likely N-dealkylation sites (tertiary alicyclic amines) is 1. The lowest BCUT2D eigenvalue weighted by molar-refractivity contribution is 0.0731. The number of nitrogens with zero attached hydrogens (tertiary/aromatic N) is 2. The van der Waals surface area contributed by atoms with Gasteiger partial charge >= 0.3 is 0 Å². The largest absolute Gasteiger partial charge is 0.333 e. The van der Waals surface area contributed by atoms with E-state index in [1.165, 1.54) is 0 Å². The first-order valence-electron chi connectivity index (χ1n) is 5.37. The molecular weight excluding hydrogens is 192 g/mol. The molecule has 15 heavy (non-hydrogen) atoms. The fourth-order valence-electron chi connectivity index (χ4n) is 2.63. The Hall–Kier alpha value is -1.36. The number of fused-ring (bicyclic) bond motifs is 1. The highest BCUT2D eigenvalue weighted by molar-refractivity contribution is 5.92. The van der Waals surface area contributed by atoms with E-state index >= 15 is 0 Å². The van der Waals surface area contributed by atoms with E-state index in [4.69, 9.17) is 0 Å². The van der Waals surface area contributed by atoms with Crippen molar-refractivity contribution in [1.29, 1.82) is 0 Å². The molecule has 2 saturated heterocycles. The third kappa shape index (κ3) is 1.34. The van der Waals surface area contributed by atoms with Gasteiger partial charge in [0.05, 0.1) is 0 Å². The van der Waals surface area contributed by atoms with E-state index in [1.807, 2.05) is 4.90 Å². The Morgan fingerprint density at radius 1 is 1.53 bits per heavy atom. The summed E-state index contributed by atoms with van der Waals surface area (Å²) >= 11 is 0. The van der Waals surface area contributed by atoms with Crippen LogP contribution in [-0.4, -0.2) is 46.7 Å². The van der Waals surface area contributed by atoms with Crippen LogP contribution >= 0.6 is 0 Å². The van der Waals surface area contributed by atoms with Crippen molar-refractivity contribution < 1.29 is 4.79 Å². The molecule has 2 N–H and O–H groups in total. The summed E-state index contributed by atoms with van der Waals surface area (Å²) in [5.74, 6) is 0.737. The molecule has 2 fully saturated rings. The number of carbonyl (C=O) groups excluding carboxylic acids is 1. The molecule has 0 bridgehead atoms. The average molecular weight is 206 g/mol. The molecule has 0 spiro atoms. The van der Waals surface area contributed by atoms with Gasteiger partial charge in [-0.1, -0.05) is 0 Å². The third-order valence-electron chi connectivity index (χ3n) is 3.44. The van der Waals surface area contributed by atoms with Gasteiger partial charge in [-0.25, -0.2) is 0 Å². The SMILES string of the molecule is O=C(c1ccn[nH]1)N1CC[C@H]2CNC[C@H]21. The number of amides is 1. The minimum Gasteiger partial charge on any atom is -0.333 e. The molecule has 0 unspecified atom stereocenters. The number of hydrogen-bond acceptors (Lipinski definition) is 3. The number of aromatic amines is 1. The van der Waals surface area contributed by atoms with Crippen molar-refractivity contribution in [2.24, 2.45) is 5.92 Å². The molecule has 80 valence electrons. The zero-order chi connectivity index (χ0) is 10.3. The second kappa shape index (κ2) is 3.34. The van der Waals surface area contributed by atoms with Gasteiger partial charge in [0.15, 0.2) is 0 Å². The fraction of sp³-hybridized carbons (Fsp3) is 0.600. The van der Waals surface area contributed by atoms with E-state index in [9.17, 15) is 4.79 Å². The maximum Gasteiger partial charge on any atom is 0.272 e. The van der Waals surface area contributed by atoms with Crippen molar-refractivity contribution >= 4 is 5.91 Å². The first kappa shape index (κ1) is 8.91. The second-order valence-corrected chi connectivity index (χ2v) is 4.24. The zero-order valence-electron chi connectivity index (χ0n) is 8.44. The maximum atomic E-state index is 12.1. The summed E-state index contributed by atoms with van der Waals surface area (Å²) in [7, 11) is 0. The van der Waals surface area contributed by atoms with Gasteiger partial charge in [-0.15, -0.1) is 0 Å². The van der Waals surface area contributed by atoms with Crippen molar-refractivity contribution in [1.82, 2.24) is 20.4 Å². The van der Waals surface area contributed by atoms with Gasteiger partial charge in [0.2, 0.25) is 0 Å². The summed E-state index contributed by atoms with van der Waals surface area (Å²) in [6.07, 6.45) is 2.74. The smallest absolute Gasteiger partial charge is 0.272 e. The van der Waals surface area contributed by atoms with Crippen molar-refractivity contribution in [3.05, 3.63) is 18.0 Å². The number of carbonyl (C=O) groups is 1. The Balaban J connectivity index is 1.80. The van der Waals surface area contributed by atoms with E-state index < -0.39 is 0 Å². The van der Waals surface area contributed by atoms with Gasteiger partial charge in [0.25, 0.3) is 5.91 Å².